The molecule has 0 unspecified atom stereocenters. The van der Waals surface area contributed by atoms with Crippen molar-refractivity contribution >= 4 is 43.9 Å². The SMILES string of the molecule is CC1(C)c2cccc(-c3nc(-c4ccccc4)nc(-c4ccc5oc6ccccc6c5c4)n3)c2-c2ccc3c(oc4ccccc43)c21. The fourth-order valence-corrected chi connectivity index (χ4v) is 7.51. The molecular formula is C42H27N3O2. The summed E-state index contributed by atoms with van der Waals surface area (Å²) in [7, 11) is 0. The lowest BCUT2D eigenvalue weighted by Gasteiger charge is -2.21. The van der Waals surface area contributed by atoms with Crippen LogP contribution in [-0.4, -0.2) is 15.0 Å². The summed E-state index contributed by atoms with van der Waals surface area (Å²) in [5, 5.41) is 4.37. The summed E-state index contributed by atoms with van der Waals surface area (Å²) in [6.45, 7) is 4.57. The largest absolute Gasteiger partial charge is 0.456 e. The van der Waals surface area contributed by atoms with Gasteiger partial charge in [0.05, 0.1) is 0 Å². The van der Waals surface area contributed by atoms with Crippen molar-refractivity contribution in [2.24, 2.45) is 0 Å². The number of rotatable bonds is 3. The zero-order valence-corrected chi connectivity index (χ0v) is 25.8. The molecule has 0 spiro atoms. The van der Waals surface area contributed by atoms with Crippen molar-refractivity contribution in [2.45, 2.75) is 19.3 Å². The van der Waals surface area contributed by atoms with Gasteiger partial charge in [-0.25, -0.2) is 15.0 Å². The van der Waals surface area contributed by atoms with Crippen LogP contribution in [0.3, 0.4) is 0 Å². The zero-order chi connectivity index (χ0) is 31.3. The van der Waals surface area contributed by atoms with Crippen molar-refractivity contribution in [1.82, 2.24) is 15.0 Å². The van der Waals surface area contributed by atoms with Gasteiger partial charge in [0, 0.05) is 49.2 Å². The molecule has 0 amide bonds. The number of aromatic nitrogens is 3. The van der Waals surface area contributed by atoms with Gasteiger partial charge in [0.1, 0.15) is 22.3 Å². The summed E-state index contributed by atoms with van der Waals surface area (Å²) in [6, 6.07) is 43.6. The maximum atomic E-state index is 6.57. The highest BCUT2D eigenvalue weighted by atomic mass is 16.3. The van der Waals surface area contributed by atoms with Crippen LogP contribution < -0.4 is 0 Å². The number of hydrogen-bond acceptors (Lipinski definition) is 5. The molecule has 0 saturated heterocycles. The van der Waals surface area contributed by atoms with Gasteiger partial charge >= 0.3 is 0 Å². The van der Waals surface area contributed by atoms with E-state index >= 15 is 0 Å². The molecule has 222 valence electrons. The molecule has 0 bridgehead atoms. The second kappa shape index (κ2) is 9.47. The van der Waals surface area contributed by atoms with E-state index in [1.165, 1.54) is 11.1 Å². The molecule has 5 heteroatoms. The standard InChI is InChI=1S/C42H27N3O2/c1-42(2)32-16-10-15-30(36(32)29-21-20-28-26-13-6-9-18-34(26)47-38(28)37(29)42)41-44-39(24-11-4-3-5-12-24)43-40(45-41)25-19-22-35-31(23-25)27-14-7-8-17-33(27)46-35/h3-23H,1-2H3. The second-order valence-corrected chi connectivity index (χ2v) is 12.8. The molecule has 0 saturated carbocycles. The summed E-state index contributed by atoms with van der Waals surface area (Å²) < 4.78 is 12.7. The molecule has 0 aliphatic heterocycles. The second-order valence-electron chi connectivity index (χ2n) is 12.8. The maximum Gasteiger partial charge on any atom is 0.164 e. The van der Waals surface area contributed by atoms with Crippen molar-refractivity contribution < 1.29 is 8.83 Å². The first kappa shape index (κ1) is 26.2. The molecule has 0 atom stereocenters. The molecule has 3 aromatic heterocycles. The van der Waals surface area contributed by atoms with Gasteiger partial charge in [-0.1, -0.05) is 105 Å². The van der Waals surface area contributed by atoms with Gasteiger partial charge in [-0.2, -0.15) is 0 Å². The van der Waals surface area contributed by atoms with Crippen molar-refractivity contribution in [3.63, 3.8) is 0 Å². The van der Waals surface area contributed by atoms with Crippen LogP contribution >= 0.6 is 0 Å². The summed E-state index contributed by atoms with van der Waals surface area (Å²) in [5.74, 6) is 1.88. The summed E-state index contributed by atoms with van der Waals surface area (Å²) >= 11 is 0. The summed E-state index contributed by atoms with van der Waals surface area (Å²) in [5.41, 5.74) is 10.8. The van der Waals surface area contributed by atoms with Crippen LogP contribution in [0.15, 0.2) is 136 Å². The molecule has 47 heavy (non-hydrogen) atoms. The highest BCUT2D eigenvalue weighted by Crippen LogP contribution is 2.55. The van der Waals surface area contributed by atoms with E-state index in [0.29, 0.717) is 17.5 Å². The normalized spacial score (nSPS) is 13.5. The Bertz CT molecular complexity index is 2720. The molecule has 0 radical (unpaired) electrons. The van der Waals surface area contributed by atoms with Gasteiger partial charge in [0.2, 0.25) is 0 Å². The number of fused-ring (bicyclic) bond motifs is 10. The van der Waals surface area contributed by atoms with Gasteiger partial charge in [-0.05, 0) is 53.1 Å². The quantitative estimate of drug-likeness (QED) is 0.200. The number of hydrogen-bond donors (Lipinski definition) is 0. The Hall–Kier alpha value is -6.07. The molecule has 6 aromatic carbocycles. The lowest BCUT2D eigenvalue weighted by molar-refractivity contribution is 0.620. The fourth-order valence-electron chi connectivity index (χ4n) is 7.51. The summed E-state index contributed by atoms with van der Waals surface area (Å²) in [4.78, 5) is 15.4. The third-order valence-corrected chi connectivity index (χ3v) is 9.72. The molecule has 0 N–H and O–H groups in total. The Morgan fingerprint density at radius 1 is 0.468 bits per heavy atom. The highest BCUT2D eigenvalue weighted by molar-refractivity contribution is 6.10. The zero-order valence-electron chi connectivity index (χ0n) is 25.8. The molecule has 1 aliphatic carbocycles. The third kappa shape index (κ3) is 3.74. The third-order valence-electron chi connectivity index (χ3n) is 9.72. The minimum Gasteiger partial charge on any atom is -0.456 e. The predicted molar refractivity (Wildman–Crippen MR) is 188 cm³/mol. The van der Waals surface area contributed by atoms with Crippen LogP contribution in [0.25, 0.3) is 89.2 Å². The van der Waals surface area contributed by atoms with E-state index in [1.807, 2.05) is 72.8 Å². The number of para-hydroxylation sites is 2. The van der Waals surface area contributed by atoms with Crippen molar-refractivity contribution in [1.29, 1.82) is 0 Å². The monoisotopic (exact) mass is 605 g/mol. The van der Waals surface area contributed by atoms with Gasteiger partial charge in [0.25, 0.3) is 0 Å². The van der Waals surface area contributed by atoms with Crippen molar-refractivity contribution in [2.75, 3.05) is 0 Å². The van der Waals surface area contributed by atoms with Crippen LogP contribution in [0.5, 0.6) is 0 Å². The number of furan rings is 2. The highest BCUT2D eigenvalue weighted by Gasteiger charge is 2.40. The van der Waals surface area contributed by atoms with Crippen molar-refractivity contribution in [3.05, 3.63) is 139 Å². The maximum absolute atomic E-state index is 6.57. The van der Waals surface area contributed by atoms with Crippen LogP contribution in [0.4, 0.5) is 0 Å². The van der Waals surface area contributed by atoms with Crippen LogP contribution in [0.2, 0.25) is 0 Å². The number of benzene rings is 6. The first-order valence-electron chi connectivity index (χ1n) is 15.9. The van der Waals surface area contributed by atoms with E-state index in [1.54, 1.807) is 0 Å². The Labute approximate surface area is 270 Å². The van der Waals surface area contributed by atoms with E-state index in [4.69, 9.17) is 23.8 Å². The lowest BCUT2D eigenvalue weighted by Crippen LogP contribution is -2.15. The topological polar surface area (TPSA) is 65.0 Å². The molecular weight excluding hydrogens is 578 g/mol. The molecule has 5 nitrogen and oxygen atoms in total. The number of nitrogens with zero attached hydrogens (tertiary/aromatic N) is 3. The van der Waals surface area contributed by atoms with E-state index in [9.17, 15) is 0 Å². The predicted octanol–water partition coefficient (Wildman–Crippen LogP) is 11.0. The van der Waals surface area contributed by atoms with Crippen LogP contribution in [0.1, 0.15) is 25.0 Å². The van der Waals surface area contributed by atoms with E-state index < -0.39 is 0 Å². The average Bonchev–Trinajstić information content (AvgIpc) is 3.76. The van der Waals surface area contributed by atoms with Crippen molar-refractivity contribution in [3.8, 4) is 45.3 Å². The molecule has 3 heterocycles. The Morgan fingerprint density at radius 2 is 1.13 bits per heavy atom. The smallest absolute Gasteiger partial charge is 0.164 e. The van der Waals surface area contributed by atoms with E-state index in [-0.39, 0.29) is 5.41 Å². The first-order valence-corrected chi connectivity index (χ1v) is 15.9. The minimum absolute atomic E-state index is 0.292. The molecule has 1 aliphatic rings. The molecule has 10 rings (SSSR count). The van der Waals surface area contributed by atoms with E-state index in [2.05, 4.69) is 68.4 Å². The minimum atomic E-state index is -0.292. The Kier molecular flexibility index (Phi) is 5.28. The average molecular weight is 606 g/mol. The Morgan fingerprint density at radius 3 is 1.94 bits per heavy atom. The van der Waals surface area contributed by atoms with Gasteiger partial charge in [-0.3, -0.25) is 0 Å². The molecule has 0 fully saturated rings. The van der Waals surface area contributed by atoms with Gasteiger partial charge < -0.3 is 8.83 Å². The molecule has 9 aromatic rings. The Balaban J connectivity index is 1.23. The fraction of sp³-hybridized carbons (Fsp3) is 0.0714. The summed E-state index contributed by atoms with van der Waals surface area (Å²) in [6.07, 6.45) is 0. The van der Waals surface area contributed by atoms with Gasteiger partial charge in [-0.15, -0.1) is 0 Å². The first-order chi connectivity index (χ1) is 23.0. The van der Waals surface area contributed by atoms with E-state index in [0.717, 1.165) is 71.7 Å². The van der Waals surface area contributed by atoms with Crippen LogP contribution in [-0.2, 0) is 5.41 Å². The van der Waals surface area contributed by atoms with Crippen LogP contribution in [0, 0.1) is 0 Å². The van der Waals surface area contributed by atoms with Gasteiger partial charge in [0.15, 0.2) is 17.5 Å². The lowest BCUT2D eigenvalue weighted by atomic mass is 9.81.